The molecule has 0 aliphatic carbocycles. The zero-order chi connectivity index (χ0) is 21.1. The van der Waals surface area contributed by atoms with Crippen LogP contribution in [-0.4, -0.2) is 29.2 Å². The van der Waals surface area contributed by atoms with Crippen LogP contribution in [0.5, 0.6) is 0 Å². The molecule has 1 amide bonds. The van der Waals surface area contributed by atoms with Crippen LogP contribution < -0.4 is 10.2 Å². The standard InChI is InChI=1S/C24H28N4O2/c1-24(2,3)19-13-11-18(12-14-19)21(29)25-20(17-9-5-4-6-10-17)22-26-27-23(30-22)28-15-7-8-16-28/h4-6,9-14,20H,7-8,15-16H2,1-3H3,(H,25,29)/t20-/m1/s1. The van der Waals surface area contributed by atoms with E-state index in [4.69, 9.17) is 4.42 Å². The van der Waals surface area contributed by atoms with Crippen LogP contribution in [0.3, 0.4) is 0 Å². The van der Waals surface area contributed by atoms with Crippen LogP contribution in [0.2, 0.25) is 0 Å². The van der Waals surface area contributed by atoms with Crippen molar-refractivity contribution in [2.45, 2.75) is 45.1 Å². The molecule has 1 N–H and O–H groups in total. The minimum atomic E-state index is -0.509. The molecule has 0 spiro atoms. The quantitative estimate of drug-likeness (QED) is 0.679. The summed E-state index contributed by atoms with van der Waals surface area (Å²) < 4.78 is 5.97. The SMILES string of the molecule is CC(C)(C)c1ccc(C(=O)N[C@H](c2ccccc2)c2nnc(N3CCCC3)o2)cc1. The highest BCUT2D eigenvalue weighted by atomic mass is 16.4. The van der Waals surface area contributed by atoms with Gasteiger partial charge in [0.05, 0.1) is 0 Å². The third-order valence-electron chi connectivity index (χ3n) is 5.47. The average Bonchev–Trinajstić information content (AvgIpc) is 3.44. The van der Waals surface area contributed by atoms with Gasteiger partial charge in [0.15, 0.2) is 0 Å². The molecular formula is C24H28N4O2. The summed E-state index contributed by atoms with van der Waals surface area (Å²) >= 11 is 0. The van der Waals surface area contributed by atoms with Gasteiger partial charge in [0.2, 0.25) is 5.89 Å². The van der Waals surface area contributed by atoms with Gasteiger partial charge in [-0.3, -0.25) is 4.79 Å². The molecule has 6 nitrogen and oxygen atoms in total. The van der Waals surface area contributed by atoms with E-state index in [1.165, 1.54) is 5.56 Å². The maximum absolute atomic E-state index is 13.0. The lowest BCUT2D eigenvalue weighted by Gasteiger charge is -2.20. The predicted molar refractivity (Wildman–Crippen MR) is 117 cm³/mol. The second kappa shape index (κ2) is 8.30. The van der Waals surface area contributed by atoms with Gasteiger partial charge in [-0.15, -0.1) is 5.10 Å². The molecule has 0 radical (unpaired) electrons. The van der Waals surface area contributed by atoms with Gasteiger partial charge in [0.25, 0.3) is 5.91 Å². The first-order valence-corrected chi connectivity index (χ1v) is 10.5. The van der Waals surface area contributed by atoms with E-state index < -0.39 is 6.04 Å². The lowest BCUT2D eigenvalue weighted by molar-refractivity contribution is 0.0938. The van der Waals surface area contributed by atoms with E-state index >= 15 is 0 Å². The number of hydrogen-bond acceptors (Lipinski definition) is 5. The molecule has 1 atom stereocenters. The monoisotopic (exact) mass is 404 g/mol. The summed E-state index contributed by atoms with van der Waals surface area (Å²) in [5, 5.41) is 11.6. The summed E-state index contributed by atoms with van der Waals surface area (Å²) in [6, 6.07) is 17.5. The first kappa shape index (κ1) is 20.1. The molecule has 1 fully saturated rings. The highest BCUT2D eigenvalue weighted by molar-refractivity contribution is 5.94. The Balaban J connectivity index is 1.58. The number of nitrogens with one attached hydrogen (secondary N) is 1. The number of amides is 1. The van der Waals surface area contributed by atoms with Gasteiger partial charge in [-0.2, -0.15) is 0 Å². The molecule has 2 heterocycles. The van der Waals surface area contributed by atoms with Crippen molar-refractivity contribution in [3.8, 4) is 0 Å². The van der Waals surface area contributed by atoms with Crippen LogP contribution in [0.4, 0.5) is 6.01 Å². The Morgan fingerprint density at radius 3 is 2.30 bits per heavy atom. The van der Waals surface area contributed by atoms with E-state index in [0.717, 1.165) is 31.5 Å². The lowest BCUT2D eigenvalue weighted by Crippen LogP contribution is -2.29. The summed E-state index contributed by atoms with van der Waals surface area (Å²) in [6.45, 7) is 8.30. The highest BCUT2D eigenvalue weighted by Crippen LogP contribution is 2.26. The van der Waals surface area contributed by atoms with E-state index in [9.17, 15) is 4.79 Å². The molecule has 2 aromatic carbocycles. The predicted octanol–water partition coefficient (Wildman–Crippen LogP) is 4.49. The van der Waals surface area contributed by atoms with E-state index in [1.807, 2.05) is 54.6 Å². The Hall–Kier alpha value is -3.15. The van der Waals surface area contributed by atoms with Crippen LogP contribution in [0, 0.1) is 0 Å². The Bertz CT molecular complexity index is 984. The topological polar surface area (TPSA) is 71.3 Å². The molecule has 1 aromatic heterocycles. The highest BCUT2D eigenvalue weighted by Gasteiger charge is 2.26. The molecule has 3 aromatic rings. The smallest absolute Gasteiger partial charge is 0.318 e. The Morgan fingerprint density at radius 2 is 1.67 bits per heavy atom. The minimum Gasteiger partial charge on any atom is -0.405 e. The van der Waals surface area contributed by atoms with Gasteiger partial charge in [0.1, 0.15) is 6.04 Å². The van der Waals surface area contributed by atoms with Gasteiger partial charge in [-0.05, 0) is 41.5 Å². The summed E-state index contributed by atoms with van der Waals surface area (Å²) in [4.78, 5) is 15.1. The van der Waals surface area contributed by atoms with Crippen molar-refractivity contribution >= 4 is 11.9 Å². The molecule has 1 aliphatic heterocycles. The average molecular weight is 405 g/mol. The second-order valence-corrected chi connectivity index (χ2v) is 8.76. The van der Waals surface area contributed by atoms with Crippen LogP contribution in [0.25, 0.3) is 0 Å². The summed E-state index contributed by atoms with van der Waals surface area (Å²) in [7, 11) is 0. The summed E-state index contributed by atoms with van der Waals surface area (Å²) in [5.41, 5.74) is 2.72. The van der Waals surface area contributed by atoms with Crippen LogP contribution in [0.15, 0.2) is 59.0 Å². The van der Waals surface area contributed by atoms with Crippen molar-refractivity contribution < 1.29 is 9.21 Å². The number of aromatic nitrogens is 2. The lowest BCUT2D eigenvalue weighted by atomic mass is 9.86. The van der Waals surface area contributed by atoms with Gasteiger partial charge >= 0.3 is 6.01 Å². The van der Waals surface area contributed by atoms with Crippen molar-refractivity contribution in [3.63, 3.8) is 0 Å². The largest absolute Gasteiger partial charge is 0.405 e. The number of rotatable bonds is 5. The summed E-state index contributed by atoms with van der Waals surface area (Å²) in [5.74, 6) is 0.216. The Morgan fingerprint density at radius 1 is 1.00 bits per heavy atom. The van der Waals surface area contributed by atoms with Gasteiger partial charge in [-0.1, -0.05) is 68.3 Å². The van der Waals surface area contributed by atoms with E-state index in [0.29, 0.717) is 17.5 Å². The molecule has 0 saturated carbocycles. The molecule has 1 aliphatic rings. The van der Waals surface area contributed by atoms with E-state index in [1.54, 1.807) is 0 Å². The number of anilines is 1. The first-order valence-electron chi connectivity index (χ1n) is 10.5. The normalized spacial score (nSPS) is 15.2. The zero-order valence-electron chi connectivity index (χ0n) is 17.8. The second-order valence-electron chi connectivity index (χ2n) is 8.76. The Kier molecular flexibility index (Phi) is 5.57. The molecule has 6 heteroatoms. The van der Waals surface area contributed by atoms with Crippen molar-refractivity contribution in [2.24, 2.45) is 0 Å². The maximum Gasteiger partial charge on any atom is 0.318 e. The number of hydrogen-bond donors (Lipinski definition) is 1. The first-order chi connectivity index (χ1) is 14.4. The molecule has 1 saturated heterocycles. The molecule has 156 valence electrons. The molecule has 4 rings (SSSR count). The van der Waals surface area contributed by atoms with E-state index in [2.05, 4.69) is 41.2 Å². The zero-order valence-corrected chi connectivity index (χ0v) is 17.8. The van der Waals surface area contributed by atoms with E-state index in [-0.39, 0.29) is 11.3 Å². The van der Waals surface area contributed by atoms with Crippen molar-refractivity contribution in [2.75, 3.05) is 18.0 Å². The van der Waals surface area contributed by atoms with Gasteiger partial charge in [0, 0.05) is 18.7 Å². The fourth-order valence-electron chi connectivity index (χ4n) is 3.65. The Labute approximate surface area is 177 Å². The minimum absolute atomic E-state index is 0.0390. The fourth-order valence-corrected chi connectivity index (χ4v) is 3.65. The van der Waals surface area contributed by atoms with Gasteiger partial charge in [-0.25, -0.2) is 0 Å². The molecule has 30 heavy (non-hydrogen) atoms. The molecule has 0 bridgehead atoms. The fraction of sp³-hybridized carbons (Fsp3) is 0.375. The van der Waals surface area contributed by atoms with Crippen LogP contribution in [0.1, 0.15) is 67.0 Å². The third kappa shape index (κ3) is 4.37. The summed E-state index contributed by atoms with van der Waals surface area (Å²) in [6.07, 6.45) is 2.25. The number of nitrogens with zero attached hydrogens (tertiary/aromatic N) is 3. The van der Waals surface area contributed by atoms with Crippen LogP contribution >= 0.6 is 0 Å². The maximum atomic E-state index is 13.0. The number of benzene rings is 2. The van der Waals surface area contributed by atoms with Crippen LogP contribution in [-0.2, 0) is 5.41 Å². The van der Waals surface area contributed by atoms with Crippen molar-refractivity contribution in [3.05, 3.63) is 77.2 Å². The molecular weight excluding hydrogens is 376 g/mol. The van der Waals surface area contributed by atoms with Crippen molar-refractivity contribution in [1.29, 1.82) is 0 Å². The number of carbonyl (C=O) groups is 1. The van der Waals surface area contributed by atoms with Gasteiger partial charge < -0.3 is 14.6 Å². The van der Waals surface area contributed by atoms with Crippen molar-refractivity contribution in [1.82, 2.24) is 15.5 Å². The molecule has 0 unspecified atom stereocenters. The third-order valence-corrected chi connectivity index (χ3v) is 5.47. The number of carbonyl (C=O) groups excluding carboxylic acids is 1.